The van der Waals surface area contributed by atoms with Crippen LogP contribution in [-0.2, 0) is 10.0 Å². The molecule has 1 saturated carbocycles. The molecule has 9 nitrogen and oxygen atoms in total. The van der Waals surface area contributed by atoms with Crippen LogP contribution in [0.1, 0.15) is 31.7 Å². The number of anilines is 2. The van der Waals surface area contributed by atoms with Gasteiger partial charge >= 0.3 is 6.18 Å². The number of nitrogens with one attached hydrogen (secondary N) is 2. The maximum Gasteiger partial charge on any atom is 0.393 e. The maximum atomic E-state index is 13.0. The van der Waals surface area contributed by atoms with Gasteiger partial charge in [-0.25, -0.2) is 8.42 Å². The van der Waals surface area contributed by atoms with E-state index in [9.17, 15) is 31.6 Å². The van der Waals surface area contributed by atoms with Crippen LogP contribution >= 0.6 is 0 Å². The predicted octanol–water partition coefficient (Wildman–Crippen LogP) is 3.91. The number of alkyl halides is 3. The molecule has 190 valence electrons. The van der Waals surface area contributed by atoms with Crippen molar-refractivity contribution in [2.24, 2.45) is 11.8 Å². The Morgan fingerprint density at radius 3 is 2.53 bits per heavy atom. The Bertz CT molecular complexity index is 1490. The summed E-state index contributed by atoms with van der Waals surface area (Å²) in [4.78, 5) is 15.1. The van der Waals surface area contributed by atoms with Crippen molar-refractivity contribution in [3.63, 3.8) is 0 Å². The highest BCUT2D eigenvalue weighted by molar-refractivity contribution is 7.89. The molecule has 13 heteroatoms. The Morgan fingerprint density at radius 1 is 1.19 bits per heavy atom. The summed E-state index contributed by atoms with van der Waals surface area (Å²) < 4.78 is 67.2. The largest absolute Gasteiger partial charge is 0.393 e. The fraction of sp³-hybridized carbons (Fsp3) is 0.435. The van der Waals surface area contributed by atoms with Crippen molar-refractivity contribution in [3.05, 3.63) is 46.9 Å². The number of nitrogens with zero attached hydrogens (tertiary/aromatic N) is 4. The number of sulfonamides is 1. The smallest absolute Gasteiger partial charge is 0.338 e. The number of pyridine rings is 1. The van der Waals surface area contributed by atoms with E-state index >= 15 is 0 Å². The molecule has 2 fully saturated rings. The van der Waals surface area contributed by atoms with E-state index in [2.05, 4.69) is 21.5 Å². The quantitative estimate of drug-likeness (QED) is 0.487. The molecule has 1 aliphatic heterocycles. The lowest BCUT2D eigenvalue weighted by atomic mass is 10.1. The molecule has 0 unspecified atom stereocenters. The van der Waals surface area contributed by atoms with Crippen LogP contribution in [0.15, 0.2) is 46.2 Å². The van der Waals surface area contributed by atoms with E-state index in [1.54, 1.807) is 10.7 Å². The van der Waals surface area contributed by atoms with Gasteiger partial charge in [0.1, 0.15) is 5.39 Å². The molecule has 2 aliphatic rings. The zero-order chi connectivity index (χ0) is 25.7. The number of hydrogen-bond donors (Lipinski definition) is 2. The lowest BCUT2D eigenvalue weighted by molar-refractivity contribution is -0.169. The first-order valence-electron chi connectivity index (χ1n) is 11.5. The summed E-state index contributed by atoms with van der Waals surface area (Å²) in [6, 6.07) is 9.31. The molecule has 0 radical (unpaired) electrons. The van der Waals surface area contributed by atoms with Crippen LogP contribution in [0.2, 0.25) is 0 Å². The number of rotatable bonds is 7. The molecule has 2 aromatic heterocycles. The Hall–Kier alpha value is -3.37. The van der Waals surface area contributed by atoms with Gasteiger partial charge in [-0.05, 0) is 55.5 Å². The Kier molecular flexibility index (Phi) is 6.04. The standard InChI is InChI=1S/C23H23F3N6O3S/c24-23(25,26)15-9-12-31(13-15)36(34,35)17-5-3-16(4-6-17)29-21-20-19(8-11-28-22(20)33)32(30-21)18(7-10-27)14-1-2-14/h3-6,8,11,14-15,18H,1-2,7,9,12-13H2,(H,28,33)(H,29,30)/t15-,18-/m0/s1. The minimum absolute atomic E-state index is 0.119. The molecule has 0 spiro atoms. The van der Waals surface area contributed by atoms with Gasteiger partial charge in [0.2, 0.25) is 10.0 Å². The molecule has 3 heterocycles. The van der Waals surface area contributed by atoms with E-state index < -0.39 is 28.7 Å². The topological polar surface area (TPSA) is 124 Å². The summed E-state index contributed by atoms with van der Waals surface area (Å²) in [6.45, 7) is -0.785. The first-order valence-corrected chi connectivity index (χ1v) is 12.9. The van der Waals surface area contributed by atoms with Gasteiger partial charge in [0, 0.05) is 25.0 Å². The van der Waals surface area contributed by atoms with Crippen molar-refractivity contribution in [3.8, 4) is 6.07 Å². The normalized spacial score (nSPS) is 19.9. The zero-order valence-corrected chi connectivity index (χ0v) is 19.8. The second kappa shape index (κ2) is 8.94. The summed E-state index contributed by atoms with van der Waals surface area (Å²) in [5.41, 5.74) is 0.669. The highest BCUT2D eigenvalue weighted by atomic mass is 32.2. The number of H-pyrrole nitrogens is 1. The summed E-state index contributed by atoms with van der Waals surface area (Å²) in [7, 11) is -4.08. The van der Waals surface area contributed by atoms with Gasteiger partial charge in [-0.1, -0.05) is 0 Å². The van der Waals surface area contributed by atoms with Crippen LogP contribution in [0, 0.1) is 23.2 Å². The number of aromatic amines is 1. The van der Waals surface area contributed by atoms with Crippen LogP contribution in [0.25, 0.3) is 10.9 Å². The Morgan fingerprint density at radius 2 is 1.92 bits per heavy atom. The first kappa shape index (κ1) is 24.3. The summed E-state index contributed by atoms with van der Waals surface area (Å²) in [6.07, 6.45) is -0.961. The molecule has 1 aromatic carbocycles. The van der Waals surface area contributed by atoms with Gasteiger partial charge in [-0.15, -0.1) is 0 Å². The fourth-order valence-electron chi connectivity index (χ4n) is 4.68. The van der Waals surface area contributed by atoms with Crippen LogP contribution in [0.3, 0.4) is 0 Å². The number of hydrogen-bond acceptors (Lipinski definition) is 6. The van der Waals surface area contributed by atoms with Gasteiger partial charge in [-0.3, -0.25) is 9.48 Å². The lowest BCUT2D eigenvalue weighted by Gasteiger charge is -2.18. The summed E-state index contributed by atoms with van der Waals surface area (Å²) in [5, 5.41) is 17.2. The van der Waals surface area contributed by atoms with Crippen molar-refractivity contribution in [1.29, 1.82) is 5.26 Å². The van der Waals surface area contributed by atoms with Crippen LogP contribution < -0.4 is 10.9 Å². The molecule has 36 heavy (non-hydrogen) atoms. The van der Waals surface area contributed by atoms with E-state index in [0.717, 1.165) is 17.1 Å². The number of benzene rings is 1. The van der Waals surface area contributed by atoms with Crippen molar-refractivity contribution in [2.45, 2.75) is 42.8 Å². The monoisotopic (exact) mass is 520 g/mol. The van der Waals surface area contributed by atoms with Crippen LogP contribution in [0.5, 0.6) is 0 Å². The van der Waals surface area contributed by atoms with Crippen LogP contribution in [-0.4, -0.2) is 46.8 Å². The van der Waals surface area contributed by atoms with Gasteiger partial charge in [-0.2, -0.15) is 27.8 Å². The van der Waals surface area contributed by atoms with Gasteiger partial charge < -0.3 is 10.3 Å². The van der Waals surface area contributed by atoms with Crippen molar-refractivity contribution >= 4 is 32.4 Å². The van der Waals surface area contributed by atoms with Crippen molar-refractivity contribution in [1.82, 2.24) is 19.1 Å². The Labute approximate surface area is 204 Å². The molecule has 5 rings (SSSR count). The molecule has 2 N–H and O–H groups in total. The highest BCUT2D eigenvalue weighted by Crippen LogP contribution is 2.43. The molecule has 0 bridgehead atoms. The van der Waals surface area contributed by atoms with Crippen molar-refractivity contribution in [2.75, 3.05) is 18.4 Å². The van der Waals surface area contributed by atoms with E-state index in [1.165, 1.54) is 30.5 Å². The third-order valence-electron chi connectivity index (χ3n) is 6.78. The number of aromatic nitrogens is 3. The molecule has 2 atom stereocenters. The number of nitriles is 1. The molecule has 1 aliphatic carbocycles. The maximum absolute atomic E-state index is 13.0. The number of fused-ring (bicyclic) bond motifs is 1. The molecular weight excluding hydrogens is 497 g/mol. The van der Waals surface area contributed by atoms with Gasteiger partial charge in [0.05, 0.1) is 34.9 Å². The average Bonchev–Trinajstić information content (AvgIpc) is 3.40. The summed E-state index contributed by atoms with van der Waals surface area (Å²) >= 11 is 0. The minimum Gasteiger partial charge on any atom is -0.338 e. The van der Waals surface area contributed by atoms with E-state index in [-0.39, 0.29) is 41.7 Å². The van der Waals surface area contributed by atoms with E-state index in [1.807, 2.05) is 0 Å². The predicted molar refractivity (Wildman–Crippen MR) is 125 cm³/mol. The zero-order valence-electron chi connectivity index (χ0n) is 19.0. The average molecular weight is 521 g/mol. The molecular formula is C23H23F3N6O3S. The van der Waals surface area contributed by atoms with Gasteiger partial charge in [0.15, 0.2) is 5.82 Å². The highest BCUT2D eigenvalue weighted by Gasteiger charge is 2.46. The van der Waals surface area contributed by atoms with E-state index in [4.69, 9.17) is 0 Å². The van der Waals surface area contributed by atoms with E-state index in [0.29, 0.717) is 22.5 Å². The molecule has 3 aromatic rings. The minimum atomic E-state index is -4.44. The molecule has 1 saturated heterocycles. The van der Waals surface area contributed by atoms with Crippen LogP contribution in [0.4, 0.5) is 24.7 Å². The third kappa shape index (κ3) is 4.46. The lowest BCUT2D eigenvalue weighted by Crippen LogP contribution is -2.32. The third-order valence-corrected chi connectivity index (χ3v) is 8.66. The second-order valence-electron chi connectivity index (χ2n) is 9.17. The first-order chi connectivity index (χ1) is 17.1. The van der Waals surface area contributed by atoms with Crippen molar-refractivity contribution < 1.29 is 21.6 Å². The SMILES string of the molecule is N#CC[C@@H](C1CC1)n1nc(Nc2ccc(S(=O)(=O)N3CC[C@H](C(F)(F)F)C3)cc2)c2c(=O)[nH]ccc21. The summed E-state index contributed by atoms with van der Waals surface area (Å²) in [5.74, 6) is -1.10. The fourth-order valence-corrected chi connectivity index (χ4v) is 6.18. The molecule has 0 amide bonds. The Balaban J connectivity index is 1.41. The number of halogens is 3. The van der Waals surface area contributed by atoms with Gasteiger partial charge in [0.25, 0.3) is 5.56 Å². The second-order valence-corrected chi connectivity index (χ2v) is 11.1.